The van der Waals surface area contributed by atoms with Crippen molar-refractivity contribution in [1.82, 2.24) is 10.2 Å². The van der Waals surface area contributed by atoms with Crippen molar-refractivity contribution in [3.63, 3.8) is 0 Å². The van der Waals surface area contributed by atoms with Gasteiger partial charge in [-0.1, -0.05) is 27.7 Å². The predicted octanol–water partition coefficient (Wildman–Crippen LogP) is 2.35. The molecule has 1 heterocycles. The van der Waals surface area contributed by atoms with Gasteiger partial charge in [0.2, 0.25) is 0 Å². The second-order valence-electron chi connectivity index (χ2n) is 5.84. The summed E-state index contributed by atoms with van der Waals surface area (Å²) in [6, 6.07) is 0. The molecule has 0 spiro atoms. The molecule has 1 rings (SSSR count). The first-order valence-corrected chi connectivity index (χ1v) is 6.45. The van der Waals surface area contributed by atoms with Gasteiger partial charge in [-0.3, -0.25) is 0 Å². The van der Waals surface area contributed by atoms with Crippen molar-refractivity contribution in [1.29, 1.82) is 0 Å². The van der Waals surface area contributed by atoms with Gasteiger partial charge in [-0.05, 0) is 30.7 Å². The lowest BCUT2D eigenvalue weighted by molar-refractivity contribution is 0.188. The molecule has 15 heavy (non-hydrogen) atoms. The van der Waals surface area contributed by atoms with E-state index in [-0.39, 0.29) is 0 Å². The van der Waals surface area contributed by atoms with E-state index in [2.05, 4.69) is 37.9 Å². The molecular formula is C13H28N2. The molecule has 1 saturated heterocycles. The van der Waals surface area contributed by atoms with Gasteiger partial charge in [0, 0.05) is 26.2 Å². The third-order valence-electron chi connectivity index (χ3n) is 4.07. The van der Waals surface area contributed by atoms with E-state index in [4.69, 9.17) is 0 Å². The van der Waals surface area contributed by atoms with Crippen LogP contribution in [-0.2, 0) is 0 Å². The first-order chi connectivity index (χ1) is 7.02. The molecule has 1 aliphatic rings. The molecule has 0 bridgehead atoms. The molecule has 1 aliphatic heterocycles. The van der Waals surface area contributed by atoms with Gasteiger partial charge < -0.3 is 10.2 Å². The number of hydrogen-bond donors (Lipinski definition) is 1. The molecule has 1 fully saturated rings. The number of nitrogens with zero attached hydrogens (tertiary/aromatic N) is 1. The molecule has 0 amide bonds. The monoisotopic (exact) mass is 212 g/mol. The Labute approximate surface area is 95.4 Å². The van der Waals surface area contributed by atoms with Crippen LogP contribution in [0.1, 0.15) is 40.5 Å². The zero-order valence-corrected chi connectivity index (χ0v) is 11.0. The van der Waals surface area contributed by atoms with Crippen LogP contribution in [0, 0.1) is 11.3 Å². The molecule has 0 atom stereocenters. The van der Waals surface area contributed by atoms with Crippen LogP contribution in [0.15, 0.2) is 0 Å². The maximum atomic E-state index is 3.40. The molecule has 0 radical (unpaired) electrons. The van der Waals surface area contributed by atoms with Gasteiger partial charge in [-0.2, -0.15) is 0 Å². The fourth-order valence-electron chi connectivity index (χ4n) is 1.98. The summed E-state index contributed by atoms with van der Waals surface area (Å²) in [5, 5.41) is 3.40. The maximum absolute atomic E-state index is 3.40. The Hall–Kier alpha value is -0.0800. The Morgan fingerprint density at radius 3 is 2.33 bits per heavy atom. The largest absolute Gasteiger partial charge is 0.314 e. The molecule has 1 N–H and O–H groups in total. The smallest absolute Gasteiger partial charge is 0.0107 e. The van der Waals surface area contributed by atoms with Crippen molar-refractivity contribution in [2.75, 3.05) is 32.7 Å². The van der Waals surface area contributed by atoms with Crippen molar-refractivity contribution < 1.29 is 0 Å². The standard InChI is InChI=1S/C13H28N2/c1-12(2)13(3,4)6-5-9-15-10-7-14-8-11-15/h12,14H,5-11H2,1-4H3. The number of nitrogens with one attached hydrogen (secondary N) is 1. The third-order valence-corrected chi connectivity index (χ3v) is 4.07. The number of hydrogen-bond acceptors (Lipinski definition) is 2. The highest BCUT2D eigenvalue weighted by molar-refractivity contribution is 4.74. The van der Waals surface area contributed by atoms with Crippen molar-refractivity contribution >= 4 is 0 Å². The SMILES string of the molecule is CC(C)C(C)(C)CCCN1CCNCC1. The van der Waals surface area contributed by atoms with Crippen LogP contribution in [0.2, 0.25) is 0 Å². The molecule has 0 aliphatic carbocycles. The van der Waals surface area contributed by atoms with E-state index in [1.54, 1.807) is 0 Å². The van der Waals surface area contributed by atoms with E-state index < -0.39 is 0 Å². The molecule has 0 unspecified atom stereocenters. The summed E-state index contributed by atoms with van der Waals surface area (Å²) in [6.07, 6.45) is 2.71. The van der Waals surface area contributed by atoms with E-state index in [9.17, 15) is 0 Å². The molecule has 2 heteroatoms. The molecule has 0 aromatic rings. The van der Waals surface area contributed by atoms with Crippen LogP contribution in [0.5, 0.6) is 0 Å². The summed E-state index contributed by atoms with van der Waals surface area (Å²) < 4.78 is 0. The average molecular weight is 212 g/mol. The van der Waals surface area contributed by atoms with Crippen LogP contribution in [0.4, 0.5) is 0 Å². The fourth-order valence-corrected chi connectivity index (χ4v) is 1.98. The average Bonchev–Trinajstić information content (AvgIpc) is 2.19. The number of rotatable bonds is 5. The lowest BCUT2D eigenvalue weighted by atomic mass is 9.77. The van der Waals surface area contributed by atoms with Gasteiger partial charge in [0.25, 0.3) is 0 Å². The van der Waals surface area contributed by atoms with Gasteiger partial charge >= 0.3 is 0 Å². The minimum absolute atomic E-state index is 0.508. The zero-order chi connectivity index (χ0) is 11.3. The minimum atomic E-state index is 0.508. The Morgan fingerprint density at radius 1 is 1.20 bits per heavy atom. The molecule has 0 saturated carbocycles. The van der Waals surface area contributed by atoms with Gasteiger partial charge in [-0.15, -0.1) is 0 Å². The van der Waals surface area contributed by atoms with Gasteiger partial charge in [-0.25, -0.2) is 0 Å². The predicted molar refractivity (Wildman–Crippen MR) is 67.2 cm³/mol. The first-order valence-electron chi connectivity index (χ1n) is 6.45. The fraction of sp³-hybridized carbons (Fsp3) is 1.00. The van der Waals surface area contributed by atoms with Crippen LogP contribution in [0.3, 0.4) is 0 Å². The van der Waals surface area contributed by atoms with Crippen LogP contribution in [-0.4, -0.2) is 37.6 Å². The minimum Gasteiger partial charge on any atom is -0.314 e. The van der Waals surface area contributed by atoms with Gasteiger partial charge in [0.1, 0.15) is 0 Å². The Morgan fingerprint density at radius 2 is 1.80 bits per heavy atom. The van der Waals surface area contributed by atoms with Crippen molar-refractivity contribution in [2.24, 2.45) is 11.3 Å². The Kier molecular flexibility index (Phi) is 5.07. The second kappa shape index (κ2) is 5.86. The molecule has 0 aromatic heterocycles. The van der Waals surface area contributed by atoms with E-state index in [1.165, 1.54) is 45.6 Å². The lowest BCUT2D eigenvalue weighted by Crippen LogP contribution is -2.43. The van der Waals surface area contributed by atoms with E-state index in [0.29, 0.717) is 5.41 Å². The van der Waals surface area contributed by atoms with Crippen molar-refractivity contribution in [2.45, 2.75) is 40.5 Å². The first kappa shape index (κ1) is 13.0. The summed E-state index contributed by atoms with van der Waals surface area (Å²) in [7, 11) is 0. The highest BCUT2D eigenvalue weighted by Crippen LogP contribution is 2.31. The highest BCUT2D eigenvalue weighted by Gasteiger charge is 2.22. The van der Waals surface area contributed by atoms with Gasteiger partial charge in [0.15, 0.2) is 0 Å². The Balaban J connectivity index is 2.14. The van der Waals surface area contributed by atoms with E-state index >= 15 is 0 Å². The van der Waals surface area contributed by atoms with Crippen LogP contribution < -0.4 is 5.32 Å². The highest BCUT2D eigenvalue weighted by atomic mass is 15.2. The van der Waals surface area contributed by atoms with Crippen LogP contribution in [0.25, 0.3) is 0 Å². The summed E-state index contributed by atoms with van der Waals surface area (Å²) in [4.78, 5) is 2.59. The maximum Gasteiger partial charge on any atom is 0.0107 e. The summed E-state index contributed by atoms with van der Waals surface area (Å²) >= 11 is 0. The van der Waals surface area contributed by atoms with E-state index in [1.807, 2.05) is 0 Å². The lowest BCUT2D eigenvalue weighted by Gasteiger charge is -2.32. The normalized spacial score (nSPS) is 19.8. The molecule has 90 valence electrons. The van der Waals surface area contributed by atoms with Gasteiger partial charge in [0.05, 0.1) is 0 Å². The summed E-state index contributed by atoms with van der Waals surface area (Å²) in [5.41, 5.74) is 0.508. The summed E-state index contributed by atoms with van der Waals surface area (Å²) in [5.74, 6) is 0.792. The summed E-state index contributed by atoms with van der Waals surface area (Å²) in [6.45, 7) is 15.6. The molecular weight excluding hydrogens is 184 g/mol. The van der Waals surface area contributed by atoms with E-state index in [0.717, 1.165) is 5.92 Å². The molecule has 2 nitrogen and oxygen atoms in total. The van der Waals surface area contributed by atoms with Crippen molar-refractivity contribution in [3.8, 4) is 0 Å². The van der Waals surface area contributed by atoms with Crippen molar-refractivity contribution in [3.05, 3.63) is 0 Å². The second-order valence-corrected chi connectivity index (χ2v) is 5.84. The topological polar surface area (TPSA) is 15.3 Å². The van der Waals surface area contributed by atoms with Crippen LogP contribution >= 0.6 is 0 Å². The number of piperazine rings is 1. The molecule has 0 aromatic carbocycles. The Bertz CT molecular complexity index is 169. The zero-order valence-electron chi connectivity index (χ0n) is 11.0. The quantitative estimate of drug-likeness (QED) is 0.752. The third kappa shape index (κ3) is 4.52.